The van der Waals surface area contributed by atoms with E-state index in [-0.39, 0.29) is 17.6 Å². The molecule has 0 aromatic heterocycles. The lowest BCUT2D eigenvalue weighted by Crippen LogP contribution is -2.19. The monoisotopic (exact) mass is 259 g/mol. The Hall–Kier alpha value is -1.87. The molecule has 1 atom stereocenters. The van der Waals surface area contributed by atoms with Crippen LogP contribution in [-0.4, -0.2) is 5.11 Å². The number of nitrogens with one attached hydrogen (secondary N) is 1. The number of hydrogen-bond acceptors (Lipinski definition) is 2. The smallest absolute Gasteiger partial charge is 0.123 e. The van der Waals surface area contributed by atoms with Gasteiger partial charge in [0.1, 0.15) is 11.6 Å². The van der Waals surface area contributed by atoms with E-state index in [4.69, 9.17) is 0 Å². The number of hydrogen-bond donors (Lipinski definition) is 2. The first-order chi connectivity index (χ1) is 9.08. The van der Waals surface area contributed by atoms with Gasteiger partial charge in [-0.3, -0.25) is 0 Å². The van der Waals surface area contributed by atoms with E-state index in [1.54, 1.807) is 0 Å². The Kier molecular flexibility index (Phi) is 4.17. The molecule has 0 aliphatic rings. The zero-order valence-corrected chi connectivity index (χ0v) is 11.2. The average molecular weight is 259 g/mol. The van der Waals surface area contributed by atoms with Gasteiger partial charge in [-0.05, 0) is 43.2 Å². The number of phenolic OH excluding ortho intramolecular Hbond substituents is 1. The predicted octanol–water partition coefficient (Wildman–Crippen LogP) is 3.69. The van der Waals surface area contributed by atoms with Crippen molar-refractivity contribution < 1.29 is 9.50 Å². The third kappa shape index (κ3) is 3.32. The van der Waals surface area contributed by atoms with Crippen molar-refractivity contribution in [2.75, 3.05) is 0 Å². The molecule has 2 aromatic rings. The van der Waals surface area contributed by atoms with E-state index in [2.05, 4.69) is 31.3 Å². The van der Waals surface area contributed by atoms with Gasteiger partial charge in [0.15, 0.2) is 0 Å². The van der Waals surface area contributed by atoms with Gasteiger partial charge in [0.2, 0.25) is 0 Å². The highest BCUT2D eigenvalue weighted by atomic mass is 19.1. The van der Waals surface area contributed by atoms with Crippen molar-refractivity contribution in [2.45, 2.75) is 26.4 Å². The summed E-state index contributed by atoms with van der Waals surface area (Å²) < 4.78 is 13.1. The van der Waals surface area contributed by atoms with Crippen LogP contribution in [0.25, 0.3) is 0 Å². The van der Waals surface area contributed by atoms with Crippen LogP contribution in [0.3, 0.4) is 0 Å². The van der Waals surface area contributed by atoms with Gasteiger partial charge in [-0.2, -0.15) is 0 Å². The van der Waals surface area contributed by atoms with Crippen molar-refractivity contribution in [3.05, 3.63) is 65.0 Å². The quantitative estimate of drug-likeness (QED) is 0.877. The Balaban J connectivity index is 2.06. The molecule has 0 aliphatic carbocycles. The zero-order valence-electron chi connectivity index (χ0n) is 11.2. The molecule has 2 aromatic carbocycles. The standard InChI is InChI=1S/C16H18FNO/c1-11-5-3-4-6-15(11)12(2)18-10-13-9-14(17)7-8-16(13)19/h3-9,12,18-19H,10H2,1-2H3/t12-/m0/s1. The molecule has 0 bridgehead atoms. The Bertz CT molecular complexity index is 568. The van der Waals surface area contributed by atoms with Gasteiger partial charge in [0, 0.05) is 18.2 Å². The largest absolute Gasteiger partial charge is 0.508 e. The van der Waals surface area contributed by atoms with Gasteiger partial charge in [-0.15, -0.1) is 0 Å². The fourth-order valence-corrected chi connectivity index (χ4v) is 2.14. The molecule has 0 saturated heterocycles. The third-order valence-electron chi connectivity index (χ3n) is 3.30. The van der Waals surface area contributed by atoms with Crippen LogP contribution in [0, 0.1) is 12.7 Å². The van der Waals surface area contributed by atoms with E-state index in [0.717, 1.165) is 0 Å². The van der Waals surface area contributed by atoms with Crippen LogP contribution in [-0.2, 0) is 6.54 Å². The fourth-order valence-electron chi connectivity index (χ4n) is 2.14. The van der Waals surface area contributed by atoms with Crippen LogP contribution < -0.4 is 5.32 Å². The molecule has 100 valence electrons. The van der Waals surface area contributed by atoms with Crippen molar-refractivity contribution in [2.24, 2.45) is 0 Å². The maximum absolute atomic E-state index is 13.1. The summed E-state index contributed by atoms with van der Waals surface area (Å²) in [6.45, 7) is 4.55. The van der Waals surface area contributed by atoms with Crippen molar-refractivity contribution >= 4 is 0 Å². The van der Waals surface area contributed by atoms with Crippen LogP contribution in [0.2, 0.25) is 0 Å². The first kappa shape index (κ1) is 13.6. The van der Waals surface area contributed by atoms with E-state index < -0.39 is 0 Å². The van der Waals surface area contributed by atoms with Crippen molar-refractivity contribution in [1.82, 2.24) is 5.32 Å². The third-order valence-corrected chi connectivity index (χ3v) is 3.30. The van der Waals surface area contributed by atoms with Crippen LogP contribution in [0.15, 0.2) is 42.5 Å². The molecule has 0 heterocycles. The highest BCUT2D eigenvalue weighted by Gasteiger charge is 2.09. The van der Waals surface area contributed by atoms with Gasteiger partial charge in [-0.25, -0.2) is 4.39 Å². The number of phenols is 1. The fraction of sp³-hybridized carbons (Fsp3) is 0.250. The molecule has 0 radical (unpaired) electrons. The lowest BCUT2D eigenvalue weighted by Gasteiger charge is -2.17. The lowest BCUT2D eigenvalue weighted by molar-refractivity contribution is 0.457. The molecular formula is C16H18FNO. The van der Waals surface area contributed by atoms with Gasteiger partial charge >= 0.3 is 0 Å². The van der Waals surface area contributed by atoms with Crippen LogP contribution in [0.4, 0.5) is 4.39 Å². The maximum Gasteiger partial charge on any atom is 0.123 e. The minimum absolute atomic E-state index is 0.117. The number of aromatic hydroxyl groups is 1. The molecule has 0 aliphatic heterocycles. The van der Waals surface area contributed by atoms with Gasteiger partial charge in [0.25, 0.3) is 0 Å². The van der Waals surface area contributed by atoms with Gasteiger partial charge in [0.05, 0.1) is 0 Å². The second-order valence-electron chi connectivity index (χ2n) is 4.73. The molecule has 3 heteroatoms. The molecule has 2 rings (SSSR count). The molecule has 0 unspecified atom stereocenters. The average Bonchev–Trinajstić information content (AvgIpc) is 2.40. The zero-order chi connectivity index (χ0) is 13.8. The first-order valence-corrected chi connectivity index (χ1v) is 6.34. The van der Waals surface area contributed by atoms with Crippen molar-refractivity contribution in [1.29, 1.82) is 0 Å². The van der Waals surface area contributed by atoms with E-state index >= 15 is 0 Å². The SMILES string of the molecule is Cc1ccccc1[C@H](C)NCc1cc(F)ccc1O. The molecule has 0 spiro atoms. The first-order valence-electron chi connectivity index (χ1n) is 6.34. The summed E-state index contributed by atoms with van der Waals surface area (Å²) in [5, 5.41) is 13.0. The number of halogens is 1. The normalized spacial score (nSPS) is 12.4. The minimum atomic E-state index is -0.335. The topological polar surface area (TPSA) is 32.3 Å². The molecule has 19 heavy (non-hydrogen) atoms. The lowest BCUT2D eigenvalue weighted by atomic mass is 10.0. The summed E-state index contributed by atoms with van der Waals surface area (Å²) in [5.41, 5.74) is 2.99. The van der Waals surface area contributed by atoms with Crippen molar-refractivity contribution in [3.8, 4) is 5.75 Å². The van der Waals surface area contributed by atoms with E-state index in [0.29, 0.717) is 12.1 Å². The highest BCUT2D eigenvalue weighted by molar-refractivity contribution is 5.33. The molecule has 2 N–H and O–H groups in total. The highest BCUT2D eigenvalue weighted by Crippen LogP contribution is 2.21. The van der Waals surface area contributed by atoms with Crippen LogP contribution in [0.1, 0.15) is 29.7 Å². The molecule has 0 fully saturated rings. The van der Waals surface area contributed by atoms with Crippen molar-refractivity contribution in [3.63, 3.8) is 0 Å². The number of benzene rings is 2. The minimum Gasteiger partial charge on any atom is -0.508 e. The molecule has 2 nitrogen and oxygen atoms in total. The van der Waals surface area contributed by atoms with E-state index in [1.165, 1.54) is 29.3 Å². The molecular weight excluding hydrogens is 241 g/mol. The maximum atomic E-state index is 13.1. The van der Waals surface area contributed by atoms with E-state index in [1.807, 2.05) is 12.1 Å². The Labute approximate surface area is 112 Å². The van der Waals surface area contributed by atoms with Crippen LogP contribution in [0.5, 0.6) is 5.75 Å². The summed E-state index contributed by atoms with van der Waals surface area (Å²) in [6, 6.07) is 12.3. The number of aryl methyl sites for hydroxylation is 1. The Morgan fingerprint density at radius 3 is 2.68 bits per heavy atom. The molecule has 0 saturated carbocycles. The summed E-state index contributed by atoms with van der Waals surface area (Å²) in [5.74, 6) is -0.218. The van der Waals surface area contributed by atoms with Gasteiger partial charge < -0.3 is 10.4 Å². The Morgan fingerprint density at radius 1 is 1.21 bits per heavy atom. The summed E-state index contributed by atoms with van der Waals surface area (Å²) in [4.78, 5) is 0. The summed E-state index contributed by atoms with van der Waals surface area (Å²) >= 11 is 0. The predicted molar refractivity (Wildman–Crippen MR) is 74.5 cm³/mol. The van der Waals surface area contributed by atoms with Gasteiger partial charge in [-0.1, -0.05) is 24.3 Å². The number of rotatable bonds is 4. The summed E-state index contributed by atoms with van der Waals surface area (Å²) in [7, 11) is 0. The summed E-state index contributed by atoms with van der Waals surface area (Å²) in [6.07, 6.45) is 0. The van der Waals surface area contributed by atoms with E-state index in [9.17, 15) is 9.50 Å². The Morgan fingerprint density at radius 2 is 1.95 bits per heavy atom. The molecule has 0 amide bonds. The van der Waals surface area contributed by atoms with Crippen LogP contribution >= 0.6 is 0 Å². The second-order valence-corrected chi connectivity index (χ2v) is 4.73. The second kappa shape index (κ2) is 5.85.